The number of aryl methyl sites for hydroxylation is 1. The number of allylic oxidation sites excluding steroid dienone is 3. The van der Waals surface area contributed by atoms with Crippen LogP contribution in [0, 0.1) is 6.92 Å². The molecule has 1 heterocycles. The molecule has 0 aliphatic heterocycles. The lowest BCUT2D eigenvalue weighted by Crippen LogP contribution is -2.02. The highest BCUT2D eigenvalue weighted by molar-refractivity contribution is 6.13. The van der Waals surface area contributed by atoms with Crippen molar-refractivity contribution in [3.8, 4) is 0 Å². The molecule has 0 N–H and O–H groups in total. The van der Waals surface area contributed by atoms with E-state index >= 15 is 0 Å². The Morgan fingerprint density at radius 3 is 2.77 bits per heavy atom. The first kappa shape index (κ1) is 9.45. The van der Waals surface area contributed by atoms with Crippen LogP contribution in [-0.4, -0.2) is 15.3 Å². The molecule has 68 valence electrons. The highest BCUT2D eigenvalue weighted by Crippen LogP contribution is 2.06. The summed E-state index contributed by atoms with van der Waals surface area (Å²) in [7, 11) is 0. The number of carbonyl (C=O) groups is 1. The summed E-state index contributed by atoms with van der Waals surface area (Å²) in [5.41, 5.74) is 1.46. The van der Waals surface area contributed by atoms with Gasteiger partial charge in [-0.1, -0.05) is 12.7 Å². The maximum Gasteiger partial charge on any atom is 0.176 e. The van der Waals surface area contributed by atoms with Crippen LogP contribution in [0.3, 0.4) is 0 Å². The molecule has 0 saturated heterocycles. The SMILES string of the molecule is C=CC=C(C(C)=O)n1cnc(C)c1. The minimum Gasteiger partial charge on any atom is -0.303 e. The normalized spacial score (nSPS) is 11.4. The summed E-state index contributed by atoms with van der Waals surface area (Å²) >= 11 is 0. The fourth-order valence-electron chi connectivity index (χ4n) is 1.05. The zero-order valence-electron chi connectivity index (χ0n) is 7.82. The minimum atomic E-state index is -0.00250. The van der Waals surface area contributed by atoms with E-state index in [-0.39, 0.29) is 5.78 Å². The minimum absolute atomic E-state index is 0.00250. The Balaban J connectivity index is 3.09. The van der Waals surface area contributed by atoms with Crippen LogP contribution >= 0.6 is 0 Å². The number of Topliss-reactive ketones (excluding diaryl/α,β-unsaturated/α-hetero) is 1. The fraction of sp³-hybridized carbons (Fsp3) is 0.200. The van der Waals surface area contributed by atoms with Crippen molar-refractivity contribution in [1.29, 1.82) is 0 Å². The Morgan fingerprint density at radius 2 is 2.38 bits per heavy atom. The van der Waals surface area contributed by atoms with Crippen molar-refractivity contribution in [1.82, 2.24) is 9.55 Å². The van der Waals surface area contributed by atoms with Crippen molar-refractivity contribution in [2.24, 2.45) is 0 Å². The number of hydrogen-bond donors (Lipinski definition) is 0. The molecule has 0 atom stereocenters. The molecule has 0 saturated carbocycles. The molecule has 1 rings (SSSR count). The third kappa shape index (κ3) is 2.15. The van der Waals surface area contributed by atoms with Gasteiger partial charge in [-0.15, -0.1) is 0 Å². The van der Waals surface area contributed by atoms with Gasteiger partial charge in [-0.05, 0) is 13.0 Å². The molecule has 0 amide bonds. The number of ketones is 1. The van der Waals surface area contributed by atoms with Gasteiger partial charge in [0.1, 0.15) is 0 Å². The second-order valence-corrected chi connectivity index (χ2v) is 2.77. The molecule has 0 spiro atoms. The van der Waals surface area contributed by atoms with E-state index in [1.54, 1.807) is 29.2 Å². The Kier molecular flexibility index (Phi) is 2.80. The number of rotatable bonds is 3. The summed E-state index contributed by atoms with van der Waals surface area (Å²) < 4.78 is 1.69. The van der Waals surface area contributed by atoms with Gasteiger partial charge >= 0.3 is 0 Å². The summed E-state index contributed by atoms with van der Waals surface area (Å²) in [4.78, 5) is 15.2. The first-order valence-electron chi connectivity index (χ1n) is 3.99. The average molecular weight is 176 g/mol. The number of nitrogens with zero attached hydrogens (tertiary/aromatic N) is 2. The van der Waals surface area contributed by atoms with Crippen LogP contribution in [0.4, 0.5) is 0 Å². The first-order valence-corrected chi connectivity index (χ1v) is 3.99. The monoisotopic (exact) mass is 176 g/mol. The maximum atomic E-state index is 11.2. The quantitative estimate of drug-likeness (QED) is 0.520. The topological polar surface area (TPSA) is 34.9 Å². The van der Waals surface area contributed by atoms with Gasteiger partial charge in [0.15, 0.2) is 5.78 Å². The van der Waals surface area contributed by atoms with Crippen molar-refractivity contribution in [2.45, 2.75) is 13.8 Å². The maximum absolute atomic E-state index is 11.2. The van der Waals surface area contributed by atoms with E-state index in [1.165, 1.54) is 6.92 Å². The molecule has 1 aromatic rings. The number of imidazole rings is 1. The smallest absolute Gasteiger partial charge is 0.176 e. The van der Waals surface area contributed by atoms with Crippen LogP contribution < -0.4 is 0 Å². The van der Waals surface area contributed by atoms with E-state index in [4.69, 9.17) is 0 Å². The molecule has 0 unspecified atom stereocenters. The van der Waals surface area contributed by atoms with Gasteiger partial charge in [-0.2, -0.15) is 0 Å². The second-order valence-electron chi connectivity index (χ2n) is 2.77. The molecule has 3 heteroatoms. The number of carbonyl (C=O) groups excluding carboxylic acids is 1. The van der Waals surface area contributed by atoms with Gasteiger partial charge < -0.3 is 4.57 Å². The molecule has 0 aliphatic rings. The molecular weight excluding hydrogens is 164 g/mol. The summed E-state index contributed by atoms with van der Waals surface area (Å²) in [5.74, 6) is -0.00250. The van der Waals surface area contributed by atoms with Crippen molar-refractivity contribution in [3.63, 3.8) is 0 Å². The van der Waals surface area contributed by atoms with Crippen molar-refractivity contribution < 1.29 is 4.79 Å². The van der Waals surface area contributed by atoms with Gasteiger partial charge in [0.05, 0.1) is 17.7 Å². The van der Waals surface area contributed by atoms with Crippen LogP contribution in [0.5, 0.6) is 0 Å². The van der Waals surface area contributed by atoms with Crippen LogP contribution in [0.25, 0.3) is 5.70 Å². The van der Waals surface area contributed by atoms with Crippen molar-refractivity contribution in [3.05, 3.63) is 36.9 Å². The number of aromatic nitrogens is 2. The Bertz CT molecular complexity index is 361. The zero-order valence-corrected chi connectivity index (χ0v) is 7.82. The van der Waals surface area contributed by atoms with Gasteiger partial charge in [-0.3, -0.25) is 4.79 Å². The Morgan fingerprint density at radius 1 is 1.69 bits per heavy atom. The zero-order chi connectivity index (χ0) is 9.84. The van der Waals surface area contributed by atoms with E-state index in [0.717, 1.165) is 5.69 Å². The lowest BCUT2D eigenvalue weighted by molar-refractivity contribution is -0.112. The van der Waals surface area contributed by atoms with Crippen LogP contribution in [0.15, 0.2) is 31.3 Å². The second kappa shape index (κ2) is 3.85. The van der Waals surface area contributed by atoms with E-state index in [9.17, 15) is 4.79 Å². The summed E-state index contributed by atoms with van der Waals surface area (Å²) in [6, 6.07) is 0. The standard InChI is InChI=1S/C10H12N2O/c1-4-5-10(9(3)13)12-6-8(2)11-7-12/h4-7H,1H2,2-3H3. The van der Waals surface area contributed by atoms with Crippen LogP contribution in [0.2, 0.25) is 0 Å². The molecule has 0 aromatic carbocycles. The van der Waals surface area contributed by atoms with Gasteiger partial charge in [0.2, 0.25) is 0 Å². The van der Waals surface area contributed by atoms with E-state index in [1.807, 2.05) is 6.92 Å². The lowest BCUT2D eigenvalue weighted by atomic mass is 10.3. The van der Waals surface area contributed by atoms with E-state index in [2.05, 4.69) is 11.6 Å². The summed E-state index contributed by atoms with van der Waals surface area (Å²) in [6.45, 7) is 6.95. The molecule has 1 aromatic heterocycles. The molecule has 0 bridgehead atoms. The highest BCUT2D eigenvalue weighted by Gasteiger charge is 2.04. The molecule has 13 heavy (non-hydrogen) atoms. The van der Waals surface area contributed by atoms with Crippen LogP contribution in [0.1, 0.15) is 12.6 Å². The predicted molar refractivity (Wildman–Crippen MR) is 52.1 cm³/mol. The molecule has 0 fully saturated rings. The molecule has 0 aliphatic carbocycles. The van der Waals surface area contributed by atoms with Gasteiger partial charge in [-0.25, -0.2) is 4.98 Å². The van der Waals surface area contributed by atoms with Crippen LogP contribution in [-0.2, 0) is 4.79 Å². The molecular formula is C10H12N2O. The first-order chi connectivity index (χ1) is 6.15. The molecule has 0 radical (unpaired) electrons. The predicted octanol–water partition coefficient (Wildman–Crippen LogP) is 1.81. The van der Waals surface area contributed by atoms with Gasteiger partial charge in [0.25, 0.3) is 0 Å². The van der Waals surface area contributed by atoms with E-state index < -0.39 is 0 Å². The Labute approximate surface area is 77.4 Å². The third-order valence-corrected chi connectivity index (χ3v) is 1.63. The highest BCUT2D eigenvalue weighted by atomic mass is 16.1. The molecule has 3 nitrogen and oxygen atoms in total. The third-order valence-electron chi connectivity index (χ3n) is 1.63. The summed E-state index contributed by atoms with van der Waals surface area (Å²) in [6.07, 6.45) is 6.68. The van der Waals surface area contributed by atoms with E-state index in [0.29, 0.717) is 5.70 Å². The Hall–Kier alpha value is -1.64. The van der Waals surface area contributed by atoms with Crippen molar-refractivity contribution >= 4 is 11.5 Å². The largest absolute Gasteiger partial charge is 0.303 e. The lowest BCUT2D eigenvalue weighted by Gasteiger charge is -2.01. The fourth-order valence-corrected chi connectivity index (χ4v) is 1.05. The summed E-state index contributed by atoms with van der Waals surface area (Å²) in [5, 5.41) is 0. The van der Waals surface area contributed by atoms with Gasteiger partial charge in [0, 0.05) is 13.1 Å². The van der Waals surface area contributed by atoms with Crippen molar-refractivity contribution in [2.75, 3.05) is 0 Å². The average Bonchev–Trinajstić information content (AvgIpc) is 2.46. The number of hydrogen-bond acceptors (Lipinski definition) is 2.